The molecule has 1 fully saturated rings. The number of ether oxygens (including phenoxy) is 2. The summed E-state index contributed by atoms with van der Waals surface area (Å²) in [7, 11) is 1.62. The number of nitrogens with zero attached hydrogens (tertiary/aromatic N) is 4. The number of hydrogen-bond acceptors (Lipinski definition) is 5. The summed E-state index contributed by atoms with van der Waals surface area (Å²) < 4.78 is 12.1. The molecule has 0 bridgehead atoms. The number of amides is 2. The van der Waals surface area contributed by atoms with Crippen LogP contribution in [-0.4, -0.2) is 71.5 Å². The number of carbonyl (C=O) groups is 2. The van der Waals surface area contributed by atoms with E-state index in [2.05, 4.69) is 0 Å². The smallest absolute Gasteiger partial charge is 0.409 e. The van der Waals surface area contributed by atoms with Crippen LogP contribution < -0.4 is 4.74 Å². The van der Waals surface area contributed by atoms with Crippen LogP contribution >= 0.6 is 0 Å². The molecule has 0 spiro atoms. The van der Waals surface area contributed by atoms with E-state index in [1.165, 1.54) is 0 Å². The molecule has 1 aromatic heterocycles. The lowest BCUT2D eigenvalue weighted by atomic mass is 10.1. The van der Waals surface area contributed by atoms with Crippen molar-refractivity contribution in [2.75, 3.05) is 39.9 Å². The molecular formula is C25H28N4O4. The molecule has 0 atom stereocenters. The van der Waals surface area contributed by atoms with Gasteiger partial charge in [-0.2, -0.15) is 5.10 Å². The predicted octanol–water partition coefficient (Wildman–Crippen LogP) is 3.77. The second-order valence-electron chi connectivity index (χ2n) is 7.88. The zero-order valence-corrected chi connectivity index (χ0v) is 19.2. The summed E-state index contributed by atoms with van der Waals surface area (Å²) in [6, 6.07) is 17.3. The van der Waals surface area contributed by atoms with Crippen molar-refractivity contribution >= 4 is 12.0 Å². The van der Waals surface area contributed by atoms with Crippen molar-refractivity contribution < 1.29 is 19.1 Å². The Hall–Kier alpha value is -3.81. The van der Waals surface area contributed by atoms with Crippen LogP contribution in [0.1, 0.15) is 23.0 Å². The molecule has 0 N–H and O–H groups in total. The molecule has 0 radical (unpaired) electrons. The number of carbonyl (C=O) groups excluding carboxylic acids is 2. The predicted molar refractivity (Wildman–Crippen MR) is 125 cm³/mol. The van der Waals surface area contributed by atoms with E-state index in [-0.39, 0.29) is 12.0 Å². The standard InChI is InChI=1S/C25H28N4O4/c1-4-33-25(31)28-13-11-27(12-14-28)24(30)23-17-22(19-8-6-10-21(16-19)32-3)26-29(23)20-9-5-7-18(2)15-20/h5-10,15-17H,4,11-14H2,1-3H3. The summed E-state index contributed by atoms with van der Waals surface area (Å²) in [6.07, 6.45) is -0.338. The first kappa shape index (κ1) is 22.4. The van der Waals surface area contributed by atoms with E-state index in [1.54, 1.807) is 28.5 Å². The van der Waals surface area contributed by atoms with Gasteiger partial charge in [0.2, 0.25) is 0 Å². The van der Waals surface area contributed by atoms with Crippen LogP contribution in [0.25, 0.3) is 16.9 Å². The van der Waals surface area contributed by atoms with E-state index in [9.17, 15) is 9.59 Å². The van der Waals surface area contributed by atoms with Gasteiger partial charge in [0.1, 0.15) is 11.4 Å². The Morgan fingerprint density at radius 2 is 1.70 bits per heavy atom. The Kier molecular flexibility index (Phi) is 6.63. The van der Waals surface area contributed by atoms with Crippen LogP contribution in [0.2, 0.25) is 0 Å². The summed E-state index contributed by atoms with van der Waals surface area (Å²) in [4.78, 5) is 28.9. The van der Waals surface area contributed by atoms with Gasteiger partial charge in [-0.05, 0) is 49.7 Å². The van der Waals surface area contributed by atoms with Crippen molar-refractivity contribution in [2.45, 2.75) is 13.8 Å². The molecule has 2 heterocycles. The van der Waals surface area contributed by atoms with Crippen molar-refractivity contribution in [3.8, 4) is 22.7 Å². The molecule has 3 aromatic rings. The fourth-order valence-corrected chi connectivity index (χ4v) is 3.88. The Balaban J connectivity index is 1.65. The Morgan fingerprint density at radius 1 is 0.970 bits per heavy atom. The first-order chi connectivity index (χ1) is 16.0. The number of methoxy groups -OCH3 is 1. The van der Waals surface area contributed by atoms with E-state index < -0.39 is 0 Å². The van der Waals surface area contributed by atoms with Gasteiger partial charge >= 0.3 is 6.09 Å². The van der Waals surface area contributed by atoms with Gasteiger partial charge in [-0.15, -0.1) is 0 Å². The molecular weight excluding hydrogens is 420 g/mol. The maximum Gasteiger partial charge on any atom is 0.409 e. The van der Waals surface area contributed by atoms with Crippen molar-refractivity contribution in [1.82, 2.24) is 19.6 Å². The summed E-state index contributed by atoms with van der Waals surface area (Å²) in [5, 5.41) is 4.78. The fraction of sp³-hybridized carbons (Fsp3) is 0.320. The number of hydrogen-bond donors (Lipinski definition) is 0. The lowest BCUT2D eigenvalue weighted by Crippen LogP contribution is -2.51. The van der Waals surface area contributed by atoms with Crippen LogP contribution in [0.5, 0.6) is 5.75 Å². The van der Waals surface area contributed by atoms with Crippen molar-refractivity contribution in [3.05, 3.63) is 65.9 Å². The fourth-order valence-electron chi connectivity index (χ4n) is 3.88. The van der Waals surface area contributed by atoms with Crippen LogP contribution in [0.4, 0.5) is 4.79 Å². The molecule has 8 nitrogen and oxygen atoms in total. The molecule has 33 heavy (non-hydrogen) atoms. The largest absolute Gasteiger partial charge is 0.497 e. The highest BCUT2D eigenvalue weighted by Crippen LogP contribution is 2.26. The van der Waals surface area contributed by atoms with E-state index in [4.69, 9.17) is 14.6 Å². The van der Waals surface area contributed by atoms with Gasteiger partial charge in [-0.3, -0.25) is 4.79 Å². The third kappa shape index (κ3) is 4.84. The van der Waals surface area contributed by atoms with E-state index >= 15 is 0 Å². The van der Waals surface area contributed by atoms with E-state index in [1.807, 2.05) is 61.5 Å². The zero-order chi connectivity index (χ0) is 23.4. The van der Waals surface area contributed by atoms with Crippen molar-refractivity contribution in [3.63, 3.8) is 0 Å². The summed E-state index contributed by atoms with van der Waals surface area (Å²) >= 11 is 0. The van der Waals surface area contributed by atoms with Crippen LogP contribution in [0, 0.1) is 6.92 Å². The summed E-state index contributed by atoms with van der Waals surface area (Å²) in [6.45, 7) is 5.87. The number of aromatic nitrogens is 2. The molecule has 1 saturated heterocycles. The lowest BCUT2D eigenvalue weighted by Gasteiger charge is -2.34. The van der Waals surface area contributed by atoms with E-state index in [0.717, 1.165) is 22.6 Å². The van der Waals surface area contributed by atoms with Gasteiger partial charge in [0.05, 0.1) is 25.1 Å². The topological polar surface area (TPSA) is 76.9 Å². The maximum atomic E-state index is 13.6. The molecule has 2 aromatic carbocycles. The van der Waals surface area contributed by atoms with Gasteiger partial charge in [-0.1, -0.05) is 24.3 Å². The number of benzene rings is 2. The SMILES string of the molecule is CCOC(=O)N1CCN(C(=O)c2cc(-c3cccc(OC)c3)nn2-c2cccc(C)c2)CC1. The molecule has 1 aliphatic rings. The van der Waals surface area contributed by atoms with Gasteiger partial charge in [0.25, 0.3) is 5.91 Å². The summed E-state index contributed by atoms with van der Waals surface area (Å²) in [5.74, 6) is 0.599. The minimum absolute atomic E-state index is 0.123. The first-order valence-corrected chi connectivity index (χ1v) is 11.0. The second-order valence-corrected chi connectivity index (χ2v) is 7.88. The Labute approximate surface area is 193 Å². The minimum atomic E-state index is -0.338. The zero-order valence-electron chi connectivity index (χ0n) is 19.2. The average Bonchev–Trinajstić information content (AvgIpc) is 3.29. The quantitative estimate of drug-likeness (QED) is 0.594. The van der Waals surface area contributed by atoms with Gasteiger partial charge < -0.3 is 19.3 Å². The number of aryl methyl sites for hydroxylation is 1. The Bertz CT molecular complexity index is 1150. The molecule has 4 rings (SSSR count). The van der Waals surface area contributed by atoms with Gasteiger partial charge in [0.15, 0.2) is 0 Å². The molecule has 1 aliphatic heterocycles. The third-order valence-corrected chi connectivity index (χ3v) is 5.63. The van der Waals surface area contributed by atoms with Crippen molar-refractivity contribution in [1.29, 1.82) is 0 Å². The second kappa shape index (κ2) is 9.77. The highest BCUT2D eigenvalue weighted by molar-refractivity contribution is 5.94. The average molecular weight is 449 g/mol. The highest BCUT2D eigenvalue weighted by atomic mass is 16.6. The van der Waals surface area contributed by atoms with Crippen LogP contribution in [0.15, 0.2) is 54.6 Å². The first-order valence-electron chi connectivity index (χ1n) is 11.0. The monoisotopic (exact) mass is 448 g/mol. The molecule has 8 heteroatoms. The highest BCUT2D eigenvalue weighted by Gasteiger charge is 2.28. The Morgan fingerprint density at radius 3 is 2.39 bits per heavy atom. The number of rotatable bonds is 5. The molecule has 172 valence electrons. The normalized spacial score (nSPS) is 13.7. The van der Waals surface area contributed by atoms with Gasteiger partial charge in [0, 0.05) is 31.7 Å². The lowest BCUT2D eigenvalue weighted by molar-refractivity contribution is 0.0563. The van der Waals surface area contributed by atoms with Crippen LogP contribution in [-0.2, 0) is 4.74 Å². The molecule has 0 unspecified atom stereocenters. The minimum Gasteiger partial charge on any atom is -0.497 e. The molecule has 0 aliphatic carbocycles. The third-order valence-electron chi connectivity index (χ3n) is 5.63. The van der Waals surface area contributed by atoms with E-state index in [0.29, 0.717) is 44.2 Å². The molecule has 2 amide bonds. The maximum absolute atomic E-state index is 13.6. The number of piperazine rings is 1. The van der Waals surface area contributed by atoms with Crippen LogP contribution in [0.3, 0.4) is 0 Å². The summed E-state index contributed by atoms with van der Waals surface area (Å²) in [5.41, 5.74) is 3.92. The van der Waals surface area contributed by atoms with Gasteiger partial charge in [-0.25, -0.2) is 9.48 Å². The molecule has 0 saturated carbocycles. The van der Waals surface area contributed by atoms with Crippen molar-refractivity contribution in [2.24, 2.45) is 0 Å².